The van der Waals surface area contributed by atoms with Crippen LogP contribution >= 0.6 is 11.8 Å². The number of thioether (sulfide) groups is 1. The minimum atomic E-state index is -0.504. The van der Waals surface area contributed by atoms with E-state index in [9.17, 15) is 5.11 Å². The molecule has 0 bridgehead atoms. The third-order valence-electron chi connectivity index (χ3n) is 3.45. The molecule has 1 aromatic carbocycles. The summed E-state index contributed by atoms with van der Waals surface area (Å²) >= 11 is 1.91. The Balaban J connectivity index is 1.80. The van der Waals surface area contributed by atoms with Crippen LogP contribution in [0, 0.1) is 11.3 Å². The van der Waals surface area contributed by atoms with Crippen molar-refractivity contribution in [2.24, 2.45) is 0 Å². The lowest BCUT2D eigenvalue weighted by atomic mass is 10.1. The Morgan fingerprint density at radius 1 is 1.44 bits per heavy atom. The average Bonchev–Trinajstić information content (AvgIpc) is 3.19. The van der Waals surface area contributed by atoms with E-state index in [1.54, 1.807) is 12.1 Å². The van der Waals surface area contributed by atoms with Gasteiger partial charge in [0.1, 0.15) is 0 Å². The van der Waals surface area contributed by atoms with Gasteiger partial charge < -0.3 is 10.4 Å². The molecule has 18 heavy (non-hydrogen) atoms. The van der Waals surface area contributed by atoms with Gasteiger partial charge in [-0.3, -0.25) is 0 Å². The van der Waals surface area contributed by atoms with Crippen LogP contribution in [0.3, 0.4) is 0 Å². The van der Waals surface area contributed by atoms with Crippen LogP contribution in [0.5, 0.6) is 0 Å². The van der Waals surface area contributed by atoms with Gasteiger partial charge >= 0.3 is 0 Å². The predicted octanol–water partition coefficient (Wildman–Crippen LogP) is 2.08. The van der Waals surface area contributed by atoms with Gasteiger partial charge in [-0.25, -0.2) is 0 Å². The first-order valence-electron chi connectivity index (χ1n) is 6.13. The van der Waals surface area contributed by atoms with E-state index in [-0.39, 0.29) is 0 Å². The molecule has 2 rings (SSSR count). The van der Waals surface area contributed by atoms with Gasteiger partial charge in [0, 0.05) is 17.8 Å². The van der Waals surface area contributed by atoms with Crippen LogP contribution in [-0.4, -0.2) is 29.2 Å². The molecule has 0 amide bonds. The summed E-state index contributed by atoms with van der Waals surface area (Å²) in [6.45, 7) is 1.52. The first-order chi connectivity index (χ1) is 8.69. The smallest absolute Gasteiger partial charge is 0.0991 e. The summed E-state index contributed by atoms with van der Waals surface area (Å²) in [5.74, 6) is 0. The molecule has 2 N–H and O–H groups in total. The van der Waals surface area contributed by atoms with Gasteiger partial charge in [0.25, 0.3) is 0 Å². The summed E-state index contributed by atoms with van der Waals surface area (Å²) in [6, 6.07) is 9.17. The van der Waals surface area contributed by atoms with Crippen molar-refractivity contribution in [2.45, 2.75) is 23.7 Å². The van der Waals surface area contributed by atoms with E-state index in [1.165, 1.54) is 12.8 Å². The van der Waals surface area contributed by atoms with Gasteiger partial charge in [-0.05, 0) is 36.8 Å². The highest BCUT2D eigenvalue weighted by Crippen LogP contribution is 2.46. The topological polar surface area (TPSA) is 56.0 Å². The molecule has 1 fully saturated rings. The third kappa shape index (κ3) is 3.26. The van der Waals surface area contributed by atoms with E-state index in [0.29, 0.717) is 16.9 Å². The molecule has 3 nitrogen and oxygen atoms in total. The number of hydrogen-bond donors (Lipinski definition) is 2. The van der Waals surface area contributed by atoms with Crippen molar-refractivity contribution < 1.29 is 5.11 Å². The number of hydrogen-bond acceptors (Lipinski definition) is 4. The molecule has 1 atom stereocenters. The molecule has 1 saturated carbocycles. The zero-order chi connectivity index (χ0) is 13.0. The van der Waals surface area contributed by atoms with Gasteiger partial charge in [-0.1, -0.05) is 12.1 Å². The lowest BCUT2D eigenvalue weighted by molar-refractivity contribution is 0.175. The minimum absolute atomic E-state index is 0.421. The second kappa shape index (κ2) is 5.75. The molecule has 0 spiro atoms. The maximum absolute atomic E-state index is 10.0. The zero-order valence-electron chi connectivity index (χ0n) is 10.5. The van der Waals surface area contributed by atoms with Crippen LogP contribution < -0.4 is 5.32 Å². The largest absolute Gasteiger partial charge is 0.387 e. The highest BCUT2D eigenvalue weighted by Gasteiger charge is 2.41. The first-order valence-corrected chi connectivity index (χ1v) is 7.35. The molecule has 1 aromatic rings. The molecule has 1 aliphatic carbocycles. The molecule has 0 aliphatic heterocycles. The van der Waals surface area contributed by atoms with Crippen LogP contribution in [-0.2, 0) is 0 Å². The van der Waals surface area contributed by atoms with E-state index in [4.69, 9.17) is 5.26 Å². The van der Waals surface area contributed by atoms with Crippen LogP contribution in [0.2, 0.25) is 0 Å². The van der Waals surface area contributed by atoms with Crippen molar-refractivity contribution >= 4 is 11.8 Å². The van der Waals surface area contributed by atoms with Crippen molar-refractivity contribution in [3.63, 3.8) is 0 Å². The number of rotatable bonds is 6. The second-order valence-corrected chi connectivity index (χ2v) is 6.04. The molecule has 96 valence electrons. The molecule has 0 heterocycles. The Labute approximate surface area is 112 Å². The molecule has 0 saturated heterocycles. The van der Waals surface area contributed by atoms with Crippen LogP contribution in [0.4, 0.5) is 0 Å². The Morgan fingerprint density at radius 3 is 2.61 bits per heavy atom. The SMILES string of the molecule is CSC1(CNCC(O)c2ccc(C#N)cc2)CC1. The van der Waals surface area contributed by atoms with E-state index in [2.05, 4.69) is 17.6 Å². The Morgan fingerprint density at radius 2 is 2.11 bits per heavy atom. The summed E-state index contributed by atoms with van der Waals surface area (Å²) in [5.41, 5.74) is 1.48. The number of aliphatic hydroxyl groups excluding tert-OH is 1. The van der Waals surface area contributed by atoms with E-state index in [0.717, 1.165) is 12.1 Å². The number of nitrogens with zero attached hydrogens (tertiary/aromatic N) is 1. The number of nitriles is 1. The molecule has 0 radical (unpaired) electrons. The number of nitrogens with one attached hydrogen (secondary N) is 1. The number of benzene rings is 1. The number of aliphatic hydroxyl groups is 1. The highest BCUT2D eigenvalue weighted by atomic mass is 32.2. The maximum atomic E-state index is 10.0. The standard InChI is InChI=1S/C14H18N2OS/c1-18-14(6-7-14)10-16-9-13(17)12-4-2-11(8-15)3-5-12/h2-5,13,16-17H,6-7,9-10H2,1H3. The highest BCUT2D eigenvalue weighted by molar-refractivity contribution is 8.00. The fourth-order valence-corrected chi connectivity index (χ4v) is 2.68. The Hall–Kier alpha value is -1.02. The normalized spacial score (nSPS) is 18.1. The average molecular weight is 262 g/mol. The van der Waals surface area contributed by atoms with Crippen LogP contribution in [0.25, 0.3) is 0 Å². The summed E-state index contributed by atoms with van der Waals surface area (Å²) in [7, 11) is 0. The van der Waals surface area contributed by atoms with Crippen molar-refractivity contribution in [3.8, 4) is 6.07 Å². The van der Waals surface area contributed by atoms with Gasteiger partial charge in [0.2, 0.25) is 0 Å². The van der Waals surface area contributed by atoms with E-state index >= 15 is 0 Å². The van der Waals surface area contributed by atoms with Gasteiger partial charge in [0.15, 0.2) is 0 Å². The van der Waals surface area contributed by atoms with Gasteiger partial charge in [-0.15, -0.1) is 0 Å². The fraction of sp³-hybridized carbons (Fsp3) is 0.500. The molecular formula is C14H18N2OS. The third-order valence-corrected chi connectivity index (χ3v) is 4.87. The predicted molar refractivity (Wildman–Crippen MR) is 74.5 cm³/mol. The zero-order valence-corrected chi connectivity index (χ0v) is 11.3. The van der Waals surface area contributed by atoms with Crippen molar-refractivity contribution in [3.05, 3.63) is 35.4 Å². The fourth-order valence-electron chi connectivity index (χ4n) is 1.93. The summed E-state index contributed by atoms with van der Waals surface area (Å²) < 4.78 is 0.421. The van der Waals surface area contributed by atoms with Crippen LogP contribution in [0.1, 0.15) is 30.1 Å². The Bertz CT molecular complexity index is 434. The maximum Gasteiger partial charge on any atom is 0.0991 e. The molecular weight excluding hydrogens is 244 g/mol. The first kappa shape index (κ1) is 13.4. The van der Waals surface area contributed by atoms with E-state index in [1.807, 2.05) is 23.9 Å². The lowest BCUT2D eigenvalue weighted by Gasteiger charge is -2.16. The van der Waals surface area contributed by atoms with Crippen LogP contribution in [0.15, 0.2) is 24.3 Å². The minimum Gasteiger partial charge on any atom is -0.387 e. The molecule has 4 heteroatoms. The van der Waals surface area contributed by atoms with Crippen molar-refractivity contribution in [1.29, 1.82) is 5.26 Å². The quantitative estimate of drug-likeness (QED) is 0.824. The summed E-state index contributed by atoms with van der Waals surface area (Å²) in [5, 5.41) is 22.1. The Kier molecular flexibility index (Phi) is 4.28. The summed E-state index contributed by atoms with van der Waals surface area (Å²) in [4.78, 5) is 0. The van der Waals surface area contributed by atoms with Crippen molar-refractivity contribution in [1.82, 2.24) is 5.32 Å². The van der Waals surface area contributed by atoms with E-state index < -0.39 is 6.10 Å². The molecule has 0 aromatic heterocycles. The molecule has 1 unspecified atom stereocenters. The summed E-state index contributed by atoms with van der Waals surface area (Å²) in [6.07, 6.45) is 4.18. The monoisotopic (exact) mass is 262 g/mol. The van der Waals surface area contributed by atoms with Gasteiger partial charge in [-0.2, -0.15) is 17.0 Å². The lowest BCUT2D eigenvalue weighted by Crippen LogP contribution is -2.29. The molecule has 1 aliphatic rings. The van der Waals surface area contributed by atoms with Crippen molar-refractivity contribution in [2.75, 3.05) is 19.3 Å². The van der Waals surface area contributed by atoms with Gasteiger partial charge in [0.05, 0.1) is 17.7 Å². The second-order valence-electron chi connectivity index (χ2n) is 4.77.